The first-order chi connectivity index (χ1) is 9.36. The number of hydrogen-bond donors (Lipinski definition) is 0. The summed E-state index contributed by atoms with van der Waals surface area (Å²) in [5, 5.41) is 19.6. The summed E-state index contributed by atoms with van der Waals surface area (Å²) in [6.45, 7) is 4.30. The second kappa shape index (κ2) is 6.80. The highest BCUT2D eigenvalue weighted by molar-refractivity contribution is 5.64. The van der Waals surface area contributed by atoms with Gasteiger partial charge in [-0.2, -0.15) is 9.65 Å². The van der Waals surface area contributed by atoms with Crippen LogP contribution in [0.25, 0.3) is 0 Å². The van der Waals surface area contributed by atoms with E-state index >= 15 is 0 Å². The largest absolute Gasteiger partial charge is 0.365 e. The highest BCUT2D eigenvalue weighted by atomic mass is 19.1. The standard InChI is InChI=1S/C13H15F2N3O2/c1-9(2)8-17(5-3-4-16)12-7-10(14)6-11(15)13(12)18(19)20/h6-7,9H,3,5,8H2,1-2H3. The van der Waals surface area contributed by atoms with Crippen LogP contribution in [-0.4, -0.2) is 18.0 Å². The molecule has 1 aromatic carbocycles. The summed E-state index contributed by atoms with van der Waals surface area (Å²) in [6, 6.07) is 3.34. The topological polar surface area (TPSA) is 70.2 Å². The van der Waals surface area contributed by atoms with E-state index in [9.17, 15) is 18.9 Å². The molecule has 0 aliphatic carbocycles. The minimum atomic E-state index is -1.21. The first kappa shape index (κ1) is 15.8. The highest BCUT2D eigenvalue weighted by Gasteiger charge is 2.26. The molecule has 1 aromatic rings. The Hall–Kier alpha value is -2.23. The molecular formula is C13H15F2N3O2. The van der Waals surface area contributed by atoms with Gasteiger partial charge in [0, 0.05) is 25.2 Å². The fourth-order valence-electron chi connectivity index (χ4n) is 1.91. The predicted molar refractivity (Wildman–Crippen MR) is 70.3 cm³/mol. The third-order valence-corrected chi connectivity index (χ3v) is 2.61. The number of hydrogen-bond acceptors (Lipinski definition) is 4. The molecule has 0 unspecified atom stereocenters. The zero-order valence-corrected chi connectivity index (χ0v) is 11.3. The van der Waals surface area contributed by atoms with Gasteiger partial charge in [-0.3, -0.25) is 10.1 Å². The van der Waals surface area contributed by atoms with Gasteiger partial charge in [0.1, 0.15) is 11.5 Å². The highest BCUT2D eigenvalue weighted by Crippen LogP contribution is 2.32. The second-order valence-corrected chi connectivity index (χ2v) is 4.76. The molecule has 0 amide bonds. The van der Waals surface area contributed by atoms with Crippen molar-refractivity contribution in [2.75, 3.05) is 18.0 Å². The lowest BCUT2D eigenvalue weighted by atomic mass is 10.1. The fourth-order valence-corrected chi connectivity index (χ4v) is 1.91. The van der Waals surface area contributed by atoms with Gasteiger partial charge in [0.05, 0.1) is 17.4 Å². The van der Waals surface area contributed by atoms with Gasteiger partial charge in [0.2, 0.25) is 5.82 Å². The normalized spacial score (nSPS) is 10.4. The maximum absolute atomic E-state index is 13.6. The molecule has 0 saturated heterocycles. The molecule has 0 saturated carbocycles. The lowest BCUT2D eigenvalue weighted by molar-refractivity contribution is -0.386. The molecule has 108 valence electrons. The second-order valence-electron chi connectivity index (χ2n) is 4.76. The number of rotatable bonds is 6. The number of nitrogens with zero attached hydrogens (tertiary/aromatic N) is 3. The first-order valence-electron chi connectivity index (χ1n) is 6.12. The molecule has 7 heteroatoms. The zero-order chi connectivity index (χ0) is 15.3. The smallest absolute Gasteiger partial charge is 0.328 e. The van der Waals surface area contributed by atoms with Crippen LogP contribution < -0.4 is 4.90 Å². The summed E-state index contributed by atoms with van der Waals surface area (Å²) in [4.78, 5) is 11.6. The van der Waals surface area contributed by atoms with Crippen molar-refractivity contribution < 1.29 is 13.7 Å². The third-order valence-electron chi connectivity index (χ3n) is 2.61. The first-order valence-corrected chi connectivity index (χ1v) is 6.12. The van der Waals surface area contributed by atoms with Gasteiger partial charge in [-0.1, -0.05) is 13.8 Å². The van der Waals surface area contributed by atoms with Gasteiger partial charge in [-0.15, -0.1) is 0 Å². The van der Waals surface area contributed by atoms with Crippen LogP contribution in [0.2, 0.25) is 0 Å². The number of nitro benzene ring substituents is 1. The summed E-state index contributed by atoms with van der Waals surface area (Å²) < 4.78 is 26.9. The summed E-state index contributed by atoms with van der Waals surface area (Å²) in [6.07, 6.45) is 0.113. The maximum atomic E-state index is 13.6. The van der Waals surface area contributed by atoms with E-state index in [-0.39, 0.29) is 24.6 Å². The average Bonchev–Trinajstić information content (AvgIpc) is 2.32. The molecular weight excluding hydrogens is 268 g/mol. The zero-order valence-electron chi connectivity index (χ0n) is 11.3. The maximum Gasteiger partial charge on any atom is 0.328 e. The van der Waals surface area contributed by atoms with E-state index < -0.39 is 22.2 Å². The summed E-state index contributed by atoms with van der Waals surface area (Å²) in [5.41, 5.74) is -0.888. The van der Waals surface area contributed by atoms with Crippen molar-refractivity contribution in [3.05, 3.63) is 33.9 Å². The van der Waals surface area contributed by atoms with Crippen LogP contribution in [0.5, 0.6) is 0 Å². The Labute approximate surface area is 115 Å². The van der Waals surface area contributed by atoms with Crippen LogP contribution >= 0.6 is 0 Å². The summed E-state index contributed by atoms with van der Waals surface area (Å²) in [5.74, 6) is -1.97. The van der Waals surface area contributed by atoms with Crippen LogP contribution in [0.1, 0.15) is 20.3 Å². The molecule has 0 radical (unpaired) electrons. The summed E-state index contributed by atoms with van der Waals surface area (Å²) in [7, 11) is 0. The van der Waals surface area contributed by atoms with Crippen molar-refractivity contribution in [2.24, 2.45) is 5.92 Å². The van der Waals surface area contributed by atoms with E-state index in [0.717, 1.165) is 6.07 Å². The SMILES string of the molecule is CC(C)CN(CCC#N)c1cc(F)cc(F)c1[N+](=O)[O-]. The van der Waals surface area contributed by atoms with E-state index in [4.69, 9.17) is 5.26 Å². The van der Waals surface area contributed by atoms with E-state index in [0.29, 0.717) is 12.6 Å². The molecule has 0 bridgehead atoms. The number of nitriles is 1. The molecule has 0 heterocycles. The number of nitro groups is 1. The quantitative estimate of drug-likeness (QED) is 0.593. The minimum absolute atomic E-state index is 0.113. The Balaban J connectivity index is 3.30. The van der Waals surface area contributed by atoms with Crippen LogP contribution in [0.3, 0.4) is 0 Å². The van der Waals surface area contributed by atoms with Gasteiger partial charge >= 0.3 is 5.69 Å². The van der Waals surface area contributed by atoms with Gasteiger partial charge < -0.3 is 4.90 Å². The lowest BCUT2D eigenvalue weighted by Crippen LogP contribution is -2.29. The molecule has 5 nitrogen and oxygen atoms in total. The Bertz CT molecular complexity index is 541. The Morgan fingerprint density at radius 1 is 1.45 bits per heavy atom. The van der Waals surface area contributed by atoms with Crippen LogP contribution in [-0.2, 0) is 0 Å². The molecule has 0 fully saturated rings. The Morgan fingerprint density at radius 2 is 2.10 bits per heavy atom. The van der Waals surface area contributed by atoms with Gasteiger partial charge in [-0.25, -0.2) is 4.39 Å². The Kier molecular flexibility index (Phi) is 5.38. The Morgan fingerprint density at radius 3 is 2.60 bits per heavy atom. The van der Waals surface area contributed by atoms with Gasteiger partial charge in [-0.05, 0) is 5.92 Å². The van der Waals surface area contributed by atoms with Crippen LogP contribution in [0.15, 0.2) is 12.1 Å². The van der Waals surface area contributed by atoms with E-state index in [2.05, 4.69) is 0 Å². The van der Waals surface area contributed by atoms with Crippen molar-refractivity contribution in [3.63, 3.8) is 0 Å². The lowest BCUT2D eigenvalue weighted by Gasteiger charge is -2.25. The molecule has 0 aliphatic heterocycles. The fraction of sp³-hybridized carbons (Fsp3) is 0.462. The predicted octanol–water partition coefficient (Wildman–Crippen LogP) is 3.25. The number of benzene rings is 1. The third kappa shape index (κ3) is 3.88. The number of halogens is 2. The van der Waals surface area contributed by atoms with Crippen molar-refractivity contribution in [1.29, 1.82) is 5.26 Å². The molecule has 0 spiro atoms. The molecule has 1 rings (SSSR count). The van der Waals surface area contributed by atoms with E-state index in [1.54, 1.807) is 0 Å². The molecule has 0 atom stereocenters. The van der Waals surface area contributed by atoms with Crippen molar-refractivity contribution in [3.8, 4) is 6.07 Å². The van der Waals surface area contributed by atoms with Gasteiger partial charge in [0.25, 0.3) is 0 Å². The molecule has 0 N–H and O–H groups in total. The van der Waals surface area contributed by atoms with E-state index in [1.165, 1.54) is 4.90 Å². The average molecular weight is 283 g/mol. The van der Waals surface area contributed by atoms with Crippen molar-refractivity contribution >= 4 is 11.4 Å². The van der Waals surface area contributed by atoms with Crippen molar-refractivity contribution in [2.45, 2.75) is 20.3 Å². The van der Waals surface area contributed by atoms with Crippen molar-refractivity contribution in [1.82, 2.24) is 0 Å². The molecule has 20 heavy (non-hydrogen) atoms. The number of anilines is 1. The minimum Gasteiger partial charge on any atom is -0.365 e. The monoisotopic (exact) mass is 283 g/mol. The van der Waals surface area contributed by atoms with E-state index in [1.807, 2.05) is 19.9 Å². The molecule has 0 aromatic heterocycles. The van der Waals surface area contributed by atoms with Gasteiger partial charge in [0.15, 0.2) is 0 Å². The molecule has 0 aliphatic rings. The summed E-state index contributed by atoms with van der Waals surface area (Å²) >= 11 is 0. The van der Waals surface area contributed by atoms with Crippen LogP contribution in [0, 0.1) is 39.0 Å². The van der Waals surface area contributed by atoms with Crippen LogP contribution in [0.4, 0.5) is 20.2 Å².